The van der Waals surface area contributed by atoms with E-state index < -0.39 is 5.60 Å². The molecular formula is C20H25ClN2O3. The highest BCUT2D eigenvalue weighted by molar-refractivity contribution is 6.30. The van der Waals surface area contributed by atoms with Gasteiger partial charge in [0.05, 0.1) is 6.20 Å². The Bertz CT molecular complexity index is 755. The Kier molecular flexibility index (Phi) is 5.68. The number of aromatic nitrogens is 1. The van der Waals surface area contributed by atoms with Gasteiger partial charge < -0.3 is 14.1 Å². The normalized spacial score (nSPS) is 18.2. The second-order valence-electron chi connectivity index (χ2n) is 7.19. The number of likely N-dealkylation sites (tertiary alicyclic amines) is 1. The quantitative estimate of drug-likeness (QED) is 0.776. The van der Waals surface area contributed by atoms with Crippen molar-refractivity contribution in [2.24, 2.45) is 0 Å². The molecule has 0 radical (unpaired) electrons. The maximum absolute atomic E-state index is 12.9. The zero-order valence-corrected chi connectivity index (χ0v) is 16.3. The first-order chi connectivity index (χ1) is 12.4. The van der Waals surface area contributed by atoms with Crippen LogP contribution in [-0.2, 0) is 16.0 Å². The molecule has 1 saturated heterocycles. The first-order valence-corrected chi connectivity index (χ1v) is 9.34. The summed E-state index contributed by atoms with van der Waals surface area (Å²) in [6, 6.07) is 7.54. The van der Waals surface area contributed by atoms with Gasteiger partial charge in [-0.05, 0) is 50.8 Å². The lowest BCUT2D eigenvalue weighted by Gasteiger charge is -2.38. The van der Waals surface area contributed by atoms with Gasteiger partial charge in [0.2, 0.25) is 5.89 Å². The molecule has 26 heavy (non-hydrogen) atoms. The minimum Gasteiger partial charge on any atom is -0.443 e. The molecule has 1 atom stereocenters. The molecule has 1 amide bonds. The number of halogens is 1. The molecule has 6 heteroatoms. The van der Waals surface area contributed by atoms with Crippen molar-refractivity contribution in [1.29, 1.82) is 0 Å². The second kappa shape index (κ2) is 7.80. The second-order valence-corrected chi connectivity index (χ2v) is 7.63. The van der Waals surface area contributed by atoms with Crippen LogP contribution >= 0.6 is 11.6 Å². The fourth-order valence-electron chi connectivity index (χ4n) is 3.23. The average Bonchev–Trinajstić information content (AvgIpc) is 3.11. The number of carbonyl (C=O) groups is 1. The number of hydrogen-bond acceptors (Lipinski definition) is 4. The van der Waals surface area contributed by atoms with Crippen molar-refractivity contribution in [1.82, 2.24) is 9.88 Å². The summed E-state index contributed by atoms with van der Waals surface area (Å²) in [6.07, 6.45) is 5.29. The number of rotatable bonds is 5. The third-order valence-electron chi connectivity index (χ3n) is 4.94. The van der Waals surface area contributed by atoms with E-state index in [1.807, 2.05) is 29.2 Å². The Hall–Kier alpha value is -1.85. The third kappa shape index (κ3) is 4.10. The molecule has 1 fully saturated rings. The lowest BCUT2D eigenvalue weighted by molar-refractivity contribution is -0.155. The molecule has 2 heterocycles. The highest BCUT2D eigenvalue weighted by Crippen LogP contribution is 2.33. The topological polar surface area (TPSA) is 55.6 Å². The van der Waals surface area contributed by atoms with E-state index in [0.29, 0.717) is 23.9 Å². The molecule has 0 unspecified atom stereocenters. The van der Waals surface area contributed by atoms with Gasteiger partial charge in [-0.15, -0.1) is 0 Å². The molecule has 0 spiro atoms. The molecule has 1 aliphatic rings. The average molecular weight is 377 g/mol. The predicted molar refractivity (Wildman–Crippen MR) is 100 cm³/mol. The standard InChI is InChI=1S/C20H25ClN2O3/c1-20(2,25-3)19(24)23-11-5-4-6-17(23)18-22-13-16(26-18)12-14-7-9-15(21)10-8-14/h7-10,13,17H,4-6,11-12H2,1-3H3/t17-/m0/s1. The summed E-state index contributed by atoms with van der Waals surface area (Å²) < 4.78 is 11.4. The molecule has 2 aromatic rings. The SMILES string of the molecule is COC(C)(C)C(=O)N1CCCC[C@H]1c1ncc(Cc2ccc(Cl)cc2)o1. The zero-order valence-electron chi connectivity index (χ0n) is 15.5. The Balaban J connectivity index is 1.77. The summed E-state index contributed by atoms with van der Waals surface area (Å²) in [5.41, 5.74) is 0.253. The molecular weight excluding hydrogens is 352 g/mol. The van der Waals surface area contributed by atoms with Crippen LogP contribution in [0.5, 0.6) is 0 Å². The van der Waals surface area contributed by atoms with Crippen molar-refractivity contribution in [2.75, 3.05) is 13.7 Å². The van der Waals surface area contributed by atoms with E-state index in [0.717, 1.165) is 30.6 Å². The molecule has 5 nitrogen and oxygen atoms in total. The number of methoxy groups -OCH3 is 1. The molecule has 1 aliphatic heterocycles. The summed E-state index contributed by atoms with van der Waals surface area (Å²) in [5, 5.41) is 0.712. The number of ether oxygens (including phenoxy) is 1. The van der Waals surface area contributed by atoms with E-state index in [-0.39, 0.29) is 11.9 Å². The maximum Gasteiger partial charge on any atom is 0.254 e. The van der Waals surface area contributed by atoms with Gasteiger partial charge in [0.1, 0.15) is 17.4 Å². The number of benzene rings is 1. The van der Waals surface area contributed by atoms with E-state index in [1.165, 1.54) is 0 Å². The number of amides is 1. The molecule has 3 rings (SSSR count). The van der Waals surface area contributed by atoms with Gasteiger partial charge in [0.15, 0.2) is 0 Å². The van der Waals surface area contributed by atoms with Crippen LogP contribution in [0.3, 0.4) is 0 Å². The van der Waals surface area contributed by atoms with Crippen LogP contribution in [0.25, 0.3) is 0 Å². The van der Waals surface area contributed by atoms with Crippen LogP contribution < -0.4 is 0 Å². The fraction of sp³-hybridized carbons (Fsp3) is 0.500. The first kappa shape index (κ1) is 18.9. The molecule has 140 valence electrons. The van der Waals surface area contributed by atoms with Crippen molar-refractivity contribution >= 4 is 17.5 Å². The highest BCUT2D eigenvalue weighted by Gasteiger charge is 2.38. The monoisotopic (exact) mass is 376 g/mol. The third-order valence-corrected chi connectivity index (χ3v) is 5.19. The number of piperidine rings is 1. The van der Waals surface area contributed by atoms with E-state index in [4.69, 9.17) is 20.8 Å². The van der Waals surface area contributed by atoms with Crippen molar-refractivity contribution in [2.45, 2.75) is 51.2 Å². The highest BCUT2D eigenvalue weighted by atomic mass is 35.5. The minimum absolute atomic E-state index is 0.0258. The number of carbonyl (C=O) groups excluding carboxylic acids is 1. The Morgan fingerprint density at radius 3 is 2.77 bits per heavy atom. The van der Waals surface area contributed by atoms with E-state index in [2.05, 4.69) is 4.98 Å². The van der Waals surface area contributed by atoms with Crippen molar-refractivity contribution in [3.05, 3.63) is 52.7 Å². The molecule has 0 saturated carbocycles. The molecule has 0 bridgehead atoms. The minimum atomic E-state index is -0.853. The van der Waals surface area contributed by atoms with Crippen LogP contribution in [0.15, 0.2) is 34.9 Å². The van der Waals surface area contributed by atoms with Gasteiger partial charge in [-0.2, -0.15) is 0 Å². The first-order valence-electron chi connectivity index (χ1n) is 8.96. The van der Waals surface area contributed by atoms with E-state index >= 15 is 0 Å². The molecule has 0 aliphatic carbocycles. The predicted octanol–water partition coefficient (Wildman–Crippen LogP) is 4.40. The fourth-order valence-corrected chi connectivity index (χ4v) is 3.35. The Morgan fingerprint density at radius 2 is 2.08 bits per heavy atom. The van der Waals surface area contributed by atoms with Crippen molar-refractivity contribution in [3.8, 4) is 0 Å². The maximum atomic E-state index is 12.9. The van der Waals surface area contributed by atoms with Crippen LogP contribution in [0.2, 0.25) is 5.02 Å². The zero-order chi connectivity index (χ0) is 18.7. The smallest absolute Gasteiger partial charge is 0.254 e. The van der Waals surface area contributed by atoms with Gasteiger partial charge in [-0.1, -0.05) is 23.7 Å². The Morgan fingerprint density at radius 1 is 1.35 bits per heavy atom. The molecule has 1 aromatic heterocycles. The Labute approximate surface area is 159 Å². The van der Waals surface area contributed by atoms with E-state index in [1.54, 1.807) is 27.2 Å². The van der Waals surface area contributed by atoms with Crippen LogP contribution in [-0.4, -0.2) is 35.0 Å². The van der Waals surface area contributed by atoms with Crippen molar-refractivity contribution in [3.63, 3.8) is 0 Å². The molecule has 1 aromatic carbocycles. The van der Waals surface area contributed by atoms with Crippen LogP contribution in [0, 0.1) is 0 Å². The van der Waals surface area contributed by atoms with E-state index in [9.17, 15) is 4.79 Å². The number of nitrogens with zero attached hydrogens (tertiary/aromatic N) is 2. The lowest BCUT2D eigenvalue weighted by atomic mass is 9.98. The number of oxazole rings is 1. The van der Waals surface area contributed by atoms with Crippen molar-refractivity contribution < 1.29 is 13.9 Å². The van der Waals surface area contributed by atoms with Gasteiger partial charge in [0, 0.05) is 25.1 Å². The van der Waals surface area contributed by atoms with Gasteiger partial charge in [-0.25, -0.2) is 4.98 Å². The van der Waals surface area contributed by atoms with Gasteiger partial charge in [-0.3, -0.25) is 4.79 Å². The number of hydrogen-bond donors (Lipinski definition) is 0. The van der Waals surface area contributed by atoms with Crippen LogP contribution in [0.1, 0.15) is 56.4 Å². The van der Waals surface area contributed by atoms with Crippen LogP contribution in [0.4, 0.5) is 0 Å². The molecule has 0 N–H and O–H groups in total. The summed E-state index contributed by atoms with van der Waals surface area (Å²) in [7, 11) is 1.56. The van der Waals surface area contributed by atoms with Gasteiger partial charge in [0.25, 0.3) is 5.91 Å². The summed E-state index contributed by atoms with van der Waals surface area (Å²) in [6.45, 7) is 4.29. The summed E-state index contributed by atoms with van der Waals surface area (Å²) in [5.74, 6) is 1.36. The lowest BCUT2D eigenvalue weighted by Crippen LogP contribution is -2.49. The largest absolute Gasteiger partial charge is 0.443 e. The van der Waals surface area contributed by atoms with Gasteiger partial charge >= 0.3 is 0 Å². The summed E-state index contributed by atoms with van der Waals surface area (Å²) >= 11 is 5.93. The summed E-state index contributed by atoms with van der Waals surface area (Å²) in [4.78, 5) is 19.2.